The molecule has 0 saturated carbocycles. The summed E-state index contributed by atoms with van der Waals surface area (Å²) in [5.74, 6) is 0. The van der Waals surface area contributed by atoms with Crippen molar-refractivity contribution in [2.45, 2.75) is 45.6 Å². The highest BCUT2D eigenvalue weighted by atomic mass is 16.6. The fourth-order valence-electron chi connectivity index (χ4n) is 1.85. The Hall–Kier alpha value is -0.540. The first-order chi connectivity index (χ1) is 7.68. The molecule has 0 aromatic carbocycles. The smallest absolute Gasteiger partial charge is 0.0914 e. The molecular formula is C13H24O3. The average molecular weight is 228 g/mol. The lowest BCUT2D eigenvalue weighted by molar-refractivity contribution is -0.163. The lowest BCUT2D eigenvalue weighted by Crippen LogP contribution is -2.42. The summed E-state index contributed by atoms with van der Waals surface area (Å²) < 4.78 is 16.8. The molecule has 0 N–H and O–H groups in total. The molecule has 1 rings (SSSR count). The van der Waals surface area contributed by atoms with E-state index in [1.54, 1.807) is 0 Å². The normalized spacial score (nSPS) is 25.2. The van der Waals surface area contributed by atoms with Crippen LogP contribution in [0.4, 0.5) is 0 Å². The van der Waals surface area contributed by atoms with Gasteiger partial charge in [-0.15, -0.1) is 0 Å². The minimum atomic E-state index is -0.0629. The van der Waals surface area contributed by atoms with Crippen LogP contribution in [0.15, 0.2) is 11.8 Å². The second-order valence-electron chi connectivity index (χ2n) is 4.61. The number of rotatable bonds is 6. The van der Waals surface area contributed by atoms with Gasteiger partial charge in [0.1, 0.15) is 0 Å². The van der Waals surface area contributed by atoms with E-state index in [1.165, 1.54) is 5.57 Å². The minimum Gasteiger partial charge on any atom is -0.501 e. The minimum absolute atomic E-state index is 0.0629. The molecule has 0 aliphatic carbocycles. The molecule has 3 nitrogen and oxygen atoms in total. The number of ether oxygens (including phenoxy) is 3. The third kappa shape index (κ3) is 4.54. The second kappa shape index (κ2) is 6.92. The van der Waals surface area contributed by atoms with Crippen LogP contribution in [-0.4, -0.2) is 32.0 Å². The van der Waals surface area contributed by atoms with Crippen LogP contribution in [0.1, 0.15) is 40.0 Å². The van der Waals surface area contributed by atoms with E-state index in [-0.39, 0.29) is 5.60 Å². The summed E-state index contributed by atoms with van der Waals surface area (Å²) in [5, 5.41) is 0. The van der Waals surface area contributed by atoms with Crippen LogP contribution in [0.25, 0.3) is 0 Å². The third-order valence-electron chi connectivity index (χ3n) is 2.86. The van der Waals surface area contributed by atoms with Crippen LogP contribution in [0, 0.1) is 0 Å². The van der Waals surface area contributed by atoms with Crippen LogP contribution in [0.2, 0.25) is 0 Å². The van der Waals surface area contributed by atoms with E-state index >= 15 is 0 Å². The summed E-state index contributed by atoms with van der Waals surface area (Å²) in [5.41, 5.74) is 1.13. The van der Waals surface area contributed by atoms with Gasteiger partial charge in [0.25, 0.3) is 0 Å². The van der Waals surface area contributed by atoms with Crippen molar-refractivity contribution in [3.8, 4) is 0 Å². The molecular weight excluding hydrogens is 204 g/mol. The molecule has 1 aliphatic rings. The summed E-state index contributed by atoms with van der Waals surface area (Å²) in [6, 6.07) is 0. The topological polar surface area (TPSA) is 27.7 Å². The Labute approximate surface area is 98.8 Å². The molecule has 0 spiro atoms. The quantitative estimate of drug-likeness (QED) is 0.517. The van der Waals surface area contributed by atoms with Crippen LogP contribution in [0.3, 0.4) is 0 Å². The van der Waals surface area contributed by atoms with Gasteiger partial charge in [-0.3, -0.25) is 0 Å². The first-order valence-corrected chi connectivity index (χ1v) is 6.15. The highest BCUT2D eigenvalue weighted by molar-refractivity contribution is 4.86. The first kappa shape index (κ1) is 13.5. The maximum atomic E-state index is 5.85. The monoisotopic (exact) mass is 228 g/mol. The highest BCUT2D eigenvalue weighted by Gasteiger charge is 2.31. The first-order valence-electron chi connectivity index (χ1n) is 6.15. The molecule has 0 amide bonds. The summed E-state index contributed by atoms with van der Waals surface area (Å²) in [7, 11) is 0. The average Bonchev–Trinajstić information content (AvgIpc) is 2.29. The Morgan fingerprint density at radius 3 is 2.75 bits per heavy atom. The molecule has 1 heterocycles. The predicted molar refractivity (Wildman–Crippen MR) is 64.4 cm³/mol. The van der Waals surface area contributed by atoms with Crippen molar-refractivity contribution >= 4 is 0 Å². The van der Waals surface area contributed by atoms with Crippen molar-refractivity contribution in [2.75, 3.05) is 26.4 Å². The van der Waals surface area contributed by atoms with E-state index in [2.05, 4.69) is 6.92 Å². The van der Waals surface area contributed by atoms with Crippen LogP contribution < -0.4 is 0 Å². The highest BCUT2D eigenvalue weighted by Crippen LogP contribution is 2.25. The van der Waals surface area contributed by atoms with Gasteiger partial charge in [-0.05, 0) is 38.7 Å². The summed E-state index contributed by atoms with van der Waals surface area (Å²) in [4.78, 5) is 0. The largest absolute Gasteiger partial charge is 0.501 e. The standard InChI is InChI=1S/C13H24O3/c1-4-13(11-15-8-9-16-13)6-5-7-14-10-12(2)3/h10H,4-9,11H2,1-3H3. The molecule has 0 bridgehead atoms. The van der Waals surface area contributed by atoms with Gasteiger partial charge in [-0.25, -0.2) is 0 Å². The van der Waals surface area contributed by atoms with E-state index in [0.717, 1.165) is 45.7 Å². The van der Waals surface area contributed by atoms with Gasteiger partial charge in [-0.1, -0.05) is 6.92 Å². The molecule has 16 heavy (non-hydrogen) atoms. The van der Waals surface area contributed by atoms with Crippen molar-refractivity contribution in [1.82, 2.24) is 0 Å². The predicted octanol–water partition coefficient (Wildman–Crippen LogP) is 2.90. The van der Waals surface area contributed by atoms with Gasteiger partial charge in [-0.2, -0.15) is 0 Å². The van der Waals surface area contributed by atoms with Crippen molar-refractivity contribution in [1.29, 1.82) is 0 Å². The van der Waals surface area contributed by atoms with Gasteiger partial charge in [0.05, 0.1) is 38.3 Å². The molecule has 1 unspecified atom stereocenters. The Balaban J connectivity index is 2.20. The third-order valence-corrected chi connectivity index (χ3v) is 2.86. The zero-order valence-electron chi connectivity index (χ0n) is 10.8. The Morgan fingerprint density at radius 1 is 1.38 bits per heavy atom. The SMILES string of the molecule is CCC1(CCCOC=C(C)C)COCCO1. The molecule has 0 aromatic heterocycles. The zero-order valence-corrected chi connectivity index (χ0v) is 10.8. The van der Waals surface area contributed by atoms with Gasteiger partial charge in [0.15, 0.2) is 0 Å². The van der Waals surface area contributed by atoms with Crippen molar-refractivity contribution in [3.05, 3.63) is 11.8 Å². The lowest BCUT2D eigenvalue weighted by atomic mass is 9.95. The summed E-state index contributed by atoms with van der Waals surface area (Å²) in [6.07, 6.45) is 4.85. The number of hydrogen-bond donors (Lipinski definition) is 0. The van der Waals surface area contributed by atoms with Gasteiger partial charge in [0.2, 0.25) is 0 Å². The molecule has 0 aromatic rings. The van der Waals surface area contributed by atoms with Crippen molar-refractivity contribution < 1.29 is 14.2 Å². The molecule has 1 fully saturated rings. The van der Waals surface area contributed by atoms with E-state index in [9.17, 15) is 0 Å². The molecule has 94 valence electrons. The maximum Gasteiger partial charge on any atom is 0.0914 e. The molecule has 1 saturated heterocycles. The zero-order chi connectivity index (χ0) is 11.9. The fourth-order valence-corrected chi connectivity index (χ4v) is 1.85. The number of allylic oxidation sites excluding steroid dienone is 1. The van der Waals surface area contributed by atoms with Crippen LogP contribution in [-0.2, 0) is 14.2 Å². The van der Waals surface area contributed by atoms with Gasteiger partial charge in [0, 0.05) is 0 Å². The summed E-state index contributed by atoms with van der Waals surface area (Å²) >= 11 is 0. The number of hydrogen-bond acceptors (Lipinski definition) is 3. The Morgan fingerprint density at radius 2 is 2.19 bits per heavy atom. The van der Waals surface area contributed by atoms with E-state index in [4.69, 9.17) is 14.2 Å². The Bertz CT molecular complexity index is 213. The van der Waals surface area contributed by atoms with Crippen LogP contribution >= 0.6 is 0 Å². The molecule has 1 atom stereocenters. The second-order valence-corrected chi connectivity index (χ2v) is 4.61. The van der Waals surface area contributed by atoms with Gasteiger partial charge < -0.3 is 14.2 Å². The fraction of sp³-hybridized carbons (Fsp3) is 0.846. The van der Waals surface area contributed by atoms with E-state index in [0.29, 0.717) is 0 Å². The van der Waals surface area contributed by atoms with Gasteiger partial charge >= 0.3 is 0 Å². The molecule has 3 heteroatoms. The summed E-state index contributed by atoms with van der Waals surface area (Å²) in [6.45, 7) is 9.17. The van der Waals surface area contributed by atoms with Crippen LogP contribution in [0.5, 0.6) is 0 Å². The van der Waals surface area contributed by atoms with E-state index in [1.807, 2.05) is 20.1 Å². The van der Waals surface area contributed by atoms with Crippen molar-refractivity contribution in [3.63, 3.8) is 0 Å². The maximum absolute atomic E-state index is 5.85. The van der Waals surface area contributed by atoms with E-state index < -0.39 is 0 Å². The Kier molecular flexibility index (Phi) is 5.85. The molecule has 0 radical (unpaired) electrons. The molecule has 1 aliphatic heterocycles. The van der Waals surface area contributed by atoms with Crippen molar-refractivity contribution in [2.24, 2.45) is 0 Å². The lowest BCUT2D eigenvalue weighted by Gasteiger charge is -2.36.